The fourth-order valence-corrected chi connectivity index (χ4v) is 14.8. The molecule has 5 fully saturated rings. The van der Waals surface area contributed by atoms with E-state index in [2.05, 4.69) is 58.2 Å². The lowest BCUT2D eigenvalue weighted by Crippen LogP contribution is -2.55. The normalized spacial score (nSPS) is 24.9. The van der Waals surface area contributed by atoms with Gasteiger partial charge < -0.3 is 44.9 Å². The number of sulfone groups is 1. The highest BCUT2D eigenvalue weighted by molar-refractivity contribution is 7.91. The van der Waals surface area contributed by atoms with Gasteiger partial charge in [0.15, 0.2) is 11.4 Å². The lowest BCUT2D eigenvalue weighted by Gasteiger charge is -2.56. The van der Waals surface area contributed by atoms with Crippen LogP contribution in [0.3, 0.4) is 0 Å². The molecular formula is C53H61F2N9O8S. The average Bonchev–Trinajstić information content (AvgIpc) is 4.16. The van der Waals surface area contributed by atoms with E-state index in [1.807, 2.05) is 17.0 Å². The summed E-state index contributed by atoms with van der Waals surface area (Å²) in [6.07, 6.45) is 6.57. The van der Waals surface area contributed by atoms with Gasteiger partial charge in [0.1, 0.15) is 28.9 Å². The number of carbonyl (C=O) groups excluding carboxylic acids is 1. The number of anilines is 4. The molecule has 7 aliphatic rings. The molecule has 1 saturated carbocycles. The smallest absolute Gasteiger partial charge is 0.297 e. The third-order valence-electron chi connectivity index (χ3n) is 16.9. The summed E-state index contributed by atoms with van der Waals surface area (Å²) in [6.45, 7) is 7.53. The molecule has 8 heterocycles. The number of primary amides is 1. The van der Waals surface area contributed by atoms with Crippen LogP contribution < -0.4 is 30.3 Å². The maximum Gasteiger partial charge on any atom is 0.297 e. The van der Waals surface area contributed by atoms with Crippen LogP contribution in [-0.2, 0) is 14.6 Å². The van der Waals surface area contributed by atoms with Crippen molar-refractivity contribution in [3.05, 3.63) is 93.7 Å². The Balaban J connectivity index is 0.923. The van der Waals surface area contributed by atoms with Crippen molar-refractivity contribution in [3.8, 4) is 11.6 Å². The van der Waals surface area contributed by atoms with Crippen LogP contribution in [0.1, 0.15) is 98.7 Å². The van der Waals surface area contributed by atoms with Crippen LogP contribution in [0.4, 0.5) is 37.2 Å². The number of hydrogen-bond acceptors (Lipinski definition) is 14. The fourth-order valence-electron chi connectivity index (χ4n) is 13.1. The van der Waals surface area contributed by atoms with E-state index in [4.69, 9.17) is 24.9 Å². The molecular weight excluding hydrogens is 961 g/mol. The summed E-state index contributed by atoms with van der Waals surface area (Å²) < 4.78 is 78.8. The number of nitro groups is 1. The van der Waals surface area contributed by atoms with Crippen molar-refractivity contribution in [1.82, 2.24) is 19.8 Å². The summed E-state index contributed by atoms with van der Waals surface area (Å²) in [7, 11) is -4.83. The first-order chi connectivity index (χ1) is 35.1. The van der Waals surface area contributed by atoms with Gasteiger partial charge in [0, 0.05) is 81.4 Å². The molecule has 1 spiro atoms. The number of carbonyl (C=O) groups is 1. The van der Waals surface area contributed by atoms with Gasteiger partial charge in [-0.05, 0) is 91.8 Å². The molecule has 6 aliphatic heterocycles. The molecule has 4 N–H and O–H groups in total. The number of hydrogen-bond donors (Lipinski definition) is 3. The van der Waals surface area contributed by atoms with Crippen molar-refractivity contribution in [1.29, 1.82) is 0 Å². The number of ether oxygens (including phenoxy) is 3. The van der Waals surface area contributed by atoms with E-state index in [0.29, 0.717) is 60.0 Å². The first-order valence-corrected chi connectivity index (χ1v) is 27.2. The Hall–Kier alpha value is -6.09. The SMILES string of the molecule is CC(C)c1ccccc1[C@@H]1CCCN1C1CC2(CCN(c3ccc(C(N)=O)c(N4c5cc6cc[nH]c6nc5O[C@@H]5COC[C@H]54)c3S(=O)(=O)c3cc4c(c([N+](=O)[O-])c3)N[C@@H](CN3CCC(F)(F)CC3)CO4)CC2)C1. The lowest BCUT2D eigenvalue weighted by atomic mass is 9.59. The summed E-state index contributed by atoms with van der Waals surface area (Å²) in [5, 5.41) is 16.9. The van der Waals surface area contributed by atoms with E-state index in [1.165, 1.54) is 17.2 Å². The number of pyridine rings is 1. The van der Waals surface area contributed by atoms with Gasteiger partial charge in [-0.3, -0.25) is 19.8 Å². The van der Waals surface area contributed by atoms with Gasteiger partial charge in [0.25, 0.3) is 17.5 Å². The maximum absolute atomic E-state index is 16.1. The number of halogens is 2. The number of amides is 1. The van der Waals surface area contributed by atoms with Gasteiger partial charge >= 0.3 is 0 Å². The number of nitro benzene ring substituents is 1. The van der Waals surface area contributed by atoms with E-state index < -0.39 is 55.4 Å². The Labute approximate surface area is 422 Å². The third-order valence-corrected chi connectivity index (χ3v) is 18.7. The first kappa shape index (κ1) is 47.9. The van der Waals surface area contributed by atoms with Gasteiger partial charge in [-0.2, -0.15) is 4.98 Å². The Bertz CT molecular complexity index is 3110. The zero-order chi connectivity index (χ0) is 50.6. The van der Waals surface area contributed by atoms with Crippen LogP contribution in [-0.4, -0.2) is 128 Å². The molecule has 1 amide bonds. The number of aromatic amines is 1. The summed E-state index contributed by atoms with van der Waals surface area (Å²) >= 11 is 0. The molecule has 0 radical (unpaired) electrons. The number of alkyl halides is 2. The molecule has 1 aliphatic carbocycles. The monoisotopic (exact) mass is 1020 g/mol. The van der Waals surface area contributed by atoms with Crippen molar-refractivity contribution < 1.29 is 41.1 Å². The second-order valence-electron chi connectivity index (χ2n) is 21.6. The number of nitrogens with one attached hydrogen (secondary N) is 2. The van der Waals surface area contributed by atoms with Gasteiger partial charge in [-0.15, -0.1) is 0 Å². The van der Waals surface area contributed by atoms with Crippen molar-refractivity contribution in [2.45, 2.75) is 117 Å². The highest BCUT2D eigenvalue weighted by Gasteiger charge is 2.52. The van der Waals surface area contributed by atoms with E-state index >= 15 is 8.42 Å². The number of aromatic nitrogens is 2. The fraction of sp³-hybridized carbons (Fsp3) is 0.509. The Morgan fingerprint density at radius 2 is 1.75 bits per heavy atom. The quantitative estimate of drug-likeness (QED) is 0.0842. The van der Waals surface area contributed by atoms with E-state index in [0.717, 1.165) is 51.1 Å². The number of fused-ring (bicyclic) bond motifs is 4. The average molecular weight is 1020 g/mol. The van der Waals surface area contributed by atoms with Crippen molar-refractivity contribution >= 4 is 55.2 Å². The molecule has 12 rings (SSSR count). The molecule has 4 atom stereocenters. The van der Waals surface area contributed by atoms with Crippen LogP contribution in [0, 0.1) is 15.5 Å². The van der Waals surface area contributed by atoms with Gasteiger partial charge in [0.05, 0.1) is 52.1 Å². The summed E-state index contributed by atoms with van der Waals surface area (Å²) in [6, 6.07) is 17.8. The summed E-state index contributed by atoms with van der Waals surface area (Å²) in [4.78, 5) is 41.9. The van der Waals surface area contributed by atoms with Crippen LogP contribution in [0.5, 0.6) is 11.6 Å². The molecule has 0 bridgehead atoms. The molecule has 4 saturated heterocycles. The predicted molar refractivity (Wildman–Crippen MR) is 270 cm³/mol. The molecule has 73 heavy (non-hydrogen) atoms. The van der Waals surface area contributed by atoms with Crippen molar-refractivity contribution in [2.75, 3.05) is 74.2 Å². The number of likely N-dealkylation sites (tertiary alicyclic amines) is 2. The predicted octanol–water partition coefficient (Wildman–Crippen LogP) is 8.31. The molecule has 20 heteroatoms. The number of H-pyrrole nitrogens is 1. The number of rotatable bonds is 11. The summed E-state index contributed by atoms with van der Waals surface area (Å²) in [5.74, 6) is -3.03. The van der Waals surface area contributed by atoms with Crippen LogP contribution >= 0.6 is 0 Å². The van der Waals surface area contributed by atoms with E-state index in [-0.39, 0.29) is 84.6 Å². The molecule has 2 aromatic heterocycles. The lowest BCUT2D eigenvalue weighted by molar-refractivity contribution is -0.384. The molecule has 3 aromatic carbocycles. The molecule has 5 aromatic rings. The van der Waals surface area contributed by atoms with E-state index in [9.17, 15) is 23.7 Å². The first-order valence-electron chi connectivity index (χ1n) is 25.7. The van der Waals surface area contributed by atoms with Crippen molar-refractivity contribution in [2.24, 2.45) is 11.1 Å². The van der Waals surface area contributed by atoms with Gasteiger partial charge in [-0.25, -0.2) is 17.2 Å². The topological polar surface area (TPSA) is 202 Å². The second kappa shape index (κ2) is 18.1. The molecule has 386 valence electrons. The number of nitrogens with two attached hydrogens (primary N) is 1. The van der Waals surface area contributed by atoms with Crippen molar-refractivity contribution in [3.63, 3.8) is 0 Å². The highest BCUT2D eigenvalue weighted by atomic mass is 32.2. The maximum atomic E-state index is 16.1. The second-order valence-corrected chi connectivity index (χ2v) is 23.5. The number of benzene rings is 3. The molecule has 17 nitrogen and oxygen atoms in total. The van der Waals surface area contributed by atoms with Crippen LogP contribution in [0.2, 0.25) is 0 Å². The van der Waals surface area contributed by atoms with Gasteiger partial charge in [0.2, 0.25) is 15.7 Å². The minimum Gasteiger partial charge on any atom is -0.489 e. The van der Waals surface area contributed by atoms with E-state index in [1.54, 1.807) is 23.2 Å². The Kier molecular flexibility index (Phi) is 11.9. The minimum absolute atomic E-state index is 0.00248. The minimum atomic E-state index is -4.83. The standard InChI is InChI=1S/C53H61F2N9O8S/c1-31(2)36-6-3-4-7-37(36)39-8-5-17-62(39)34-25-52(26-34)12-20-61(21-13-52)40-10-9-38(49(56)65)47(63-42-22-32-11-16-57-50(32)59-51(42)72-45-30-70-29-43(45)63)48(40)73(68,69)35-23-41(64(66)67)46-44(24-35)71-28-33(58-46)27-60-18-14-53(54,55)15-19-60/h3-4,6-7,9-11,16,22-24,31,33-34,39,43,45,58H,5,8,12-15,17-21,25-30H2,1-2H3,(H2,56,65)(H,57,59)/t33-,39-,43+,45+/m0/s1. The largest absolute Gasteiger partial charge is 0.489 e. The highest BCUT2D eigenvalue weighted by Crippen LogP contribution is 2.56. The Morgan fingerprint density at radius 3 is 2.51 bits per heavy atom. The number of piperidine rings is 2. The van der Waals surface area contributed by atoms with Crippen LogP contribution in [0.15, 0.2) is 76.7 Å². The molecule has 0 unspecified atom stereocenters. The van der Waals surface area contributed by atoms with Gasteiger partial charge in [-0.1, -0.05) is 38.1 Å². The summed E-state index contributed by atoms with van der Waals surface area (Å²) in [5.41, 5.74) is 9.84. The zero-order valence-corrected chi connectivity index (χ0v) is 41.8. The zero-order valence-electron chi connectivity index (χ0n) is 41.0. The third kappa shape index (κ3) is 8.41. The number of nitrogens with zero attached hydrogens (tertiary/aromatic N) is 6. The Morgan fingerprint density at radius 1 is 0.973 bits per heavy atom. The van der Waals surface area contributed by atoms with Crippen LogP contribution in [0.25, 0.3) is 11.0 Å².